The summed E-state index contributed by atoms with van der Waals surface area (Å²) in [4.78, 5) is 28.1. The Labute approximate surface area is 209 Å². The lowest BCUT2D eigenvalue weighted by Crippen LogP contribution is -2.43. The van der Waals surface area contributed by atoms with Crippen LogP contribution < -0.4 is 5.32 Å². The lowest BCUT2D eigenvalue weighted by Gasteiger charge is -2.31. The molecule has 0 spiro atoms. The fourth-order valence-corrected chi connectivity index (χ4v) is 4.84. The number of amides is 2. The number of hydrogen-bond donors (Lipinski definition) is 1. The molecule has 0 aliphatic carbocycles. The van der Waals surface area contributed by atoms with Crippen LogP contribution in [0.25, 0.3) is 10.9 Å². The molecule has 2 amide bonds. The zero-order valence-corrected chi connectivity index (χ0v) is 20.4. The van der Waals surface area contributed by atoms with E-state index in [9.17, 15) is 9.59 Å². The van der Waals surface area contributed by atoms with Crippen LogP contribution in [0.3, 0.4) is 0 Å². The Bertz CT molecular complexity index is 1350. The van der Waals surface area contributed by atoms with Crippen LogP contribution in [-0.4, -0.2) is 44.2 Å². The molecule has 8 heteroatoms. The van der Waals surface area contributed by atoms with E-state index in [0.29, 0.717) is 49.7 Å². The highest BCUT2D eigenvalue weighted by Gasteiger charge is 2.29. The fraction of sp³-hybridized carbons (Fsp3) is 0.296. The van der Waals surface area contributed by atoms with Gasteiger partial charge in [-0.15, -0.1) is 0 Å². The lowest BCUT2D eigenvalue weighted by molar-refractivity contribution is -0.126. The molecule has 0 unspecified atom stereocenters. The first-order valence-corrected chi connectivity index (χ1v) is 12.2. The normalized spacial score (nSPS) is 14.4. The standard InChI is InChI=1S/C27H28ClN5O2/c1-31-13-12-23(30-31)17-29-26(34)20-10-14-32(15-11-20)27(35)25-16-21-4-2-3-5-24(21)33(25)18-19-6-8-22(28)9-7-19/h2-9,12-13,16,20H,10-11,14-15,17-18H2,1H3,(H,29,34). The number of piperidine rings is 1. The molecule has 2 aromatic carbocycles. The first-order valence-electron chi connectivity index (χ1n) is 11.9. The Morgan fingerprint density at radius 1 is 1.06 bits per heavy atom. The molecule has 2 aromatic heterocycles. The summed E-state index contributed by atoms with van der Waals surface area (Å²) in [6, 6.07) is 19.6. The summed E-state index contributed by atoms with van der Waals surface area (Å²) < 4.78 is 3.80. The van der Waals surface area contributed by atoms with Crippen LogP contribution in [0.1, 0.15) is 34.6 Å². The topological polar surface area (TPSA) is 72.2 Å². The van der Waals surface area contributed by atoms with Gasteiger partial charge in [0.05, 0.1) is 12.2 Å². The molecular formula is C27H28ClN5O2. The van der Waals surface area contributed by atoms with Gasteiger partial charge in [0.2, 0.25) is 5.91 Å². The van der Waals surface area contributed by atoms with Gasteiger partial charge in [-0.05, 0) is 48.7 Å². The highest BCUT2D eigenvalue weighted by molar-refractivity contribution is 6.30. The second-order valence-electron chi connectivity index (χ2n) is 9.07. The third kappa shape index (κ3) is 5.10. The number of nitrogens with zero attached hydrogens (tertiary/aromatic N) is 4. The summed E-state index contributed by atoms with van der Waals surface area (Å²) in [6.45, 7) is 2.12. The second-order valence-corrected chi connectivity index (χ2v) is 9.50. The largest absolute Gasteiger partial charge is 0.350 e. The molecule has 0 bridgehead atoms. The fourth-order valence-electron chi connectivity index (χ4n) is 4.72. The summed E-state index contributed by atoms with van der Waals surface area (Å²) >= 11 is 6.06. The number of likely N-dealkylation sites (tertiary alicyclic amines) is 1. The van der Waals surface area contributed by atoms with Crippen molar-refractivity contribution >= 4 is 34.3 Å². The van der Waals surface area contributed by atoms with Crippen molar-refractivity contribution in [1.29, 1.82) is 0 Å². The molecule has 0 atom stereocenters. The lowest BCUT2D eigenvalue weighted by atomic mass is 9.95. The Hall–Kier alpha value is -3.58. The van der Waals surface area contributed by atoms with E-state index in [2.05, 4.69) is 15.0 Å². The van der Waals surface area contributed by atoms with Crippen molar-refractivity contribution in [2.75, 3.05) is 13.1 Å². The predicted molar refractivity (Wildman–Crippen MR) is 136 cm³/mol. The zero-order valence-electron chi connectivity index (χ0n) is 19.7. The van der Waals surface area contributed by atoms with E-state index in [4.69, 9.17) is 11.6 Å². The highest BCUT2D eigenvalue weighted by atomic mass is 35.5. The molecule has 7 nitrogen and oxygen atoms in total. The van der Waals surface area contributed by atoms with Gasteiger partial charge in [-0.2, -0.15) is 5.10 Å². The summed E-state index contributed by atoms with van der Waals surface area (Å²) in [5, 5.41) is 9.01. The number of hydrogen-bond acceptors (Lipinski definition) is 3. The molecule has 1 aliphatic heterocycles. The van der Waals surface area contributed by atoms with E-state index < -0.39 is 0 Å². The Kier molecular flexibility index (Phi) is 6.59. The van der Waals surface area contributed by atoms with Crippen molar-refractivity contribution in [2.45, 2.75) is 25.9 Å². The third-order valence-electron chi connectivity index (χ3n) is 6.65. The number of aromatic nitrogens is 3. The predicted octanol–water partition coefficient (Wildman–Crippen LogP) is 4.25. The summed E-state index contributed by atoms with van der Waals surface area (Å²) in [7, 11) is 1.85. The number of halogens is 1. The highest BCUT2D eigenvalue weighted by Crippen LogP contribution is 2.25. The Balaban J connectivity index is 1.27. The molecule has 35 heavy (non-hydrogen) atoms. The van der Waals surface area contributed by atoms with Gasteiger partial charge >= 0.3 is 0 Å². The molecule has 1 N–H and O–H groups in total. The molecule has 4 aromatic rings. The Morgan fingerprint density at radius 2 is 1.80 bits per heavy atom. The average molecular weight is 490 g/mol. The number of fused-ring (bicyclic) bond motifs is 1. The Morgan fingerprint density at radius 3 is 2.51 bits per heavy atom. The number of rotatable bonds is 6. The summed E-state index contributed by atoms with van der Waals surface area (Å²) in [6.07, 6.45) is 3.16. The summed E-state index contributed by atoms with van der Waals surface area (Å²) in [5.74, 6) is -0.0650. The zero-order chi connectivity index (χ0) is 24.4. The van der Waals surface area contributed by atoms with Gasteiger partial charge in [0, 0.05) is 54.7 Å². The van der Waals surface area contributed by atoms with Gasteiger partial charge < -0.3 is 14.8 Å². The van der Waals surface area contributed by atoms with Gasteiger partial charge in [-0.3, -0.25) is 14.3 Å². The van der Waals surface area contributed by atoms with Gasteiger partial charge in [-0.25, -0.2) is 0 Å². The molecule has 0 saturated carbocycles. The van der Waals surface area contributed by atoms with Gasteiger partial charge in [-0.1, -0.05) is 41.9 Å². The van der Waals surface area contributed by atoms with Gasteiger partial charge in [0.25, 0.3) is 5.91 Å². The monoisotopic (exact) mass is 489 g/mol. The van der Waals surface area contributed by atoms with Crippen LogP contribution in [0, 0.1) is 5.92 Å². The molecule has 1 saturated heterocycles. The molecule has 1 aliphatic rings. The molecule has 180 valence electrons. The van der Waals surface area contributed by atoms with E-state index in [0.717, 1.165) is 22.2 Å². The van der Waals surface area contributed by atoms with Crippen LogP contribution in [0.5, 0.6) is 0 Å². The van der Waals surface area contributed by atoms with Crippen LogP contribution >= 0.6 is 11.6 Å². The number of benzene rings is 2. The number of nitrogens with one attached hydrogen (secondary N) is 1. The summed E-state index contributed by atoms with van der Waals surface area (Å²) in [5.41, 5.74) is 3.60. The molecule has 0 radical (unpaired) electrons. The van der Waals surface area contributed by atoms with Crippen molar-refractivity contribution in [2.24, 2.45) is 13.0 Å². The number of carbonyl (C=O) groups excluding carboxylic acids is 2. The van der Waals surface area contributed by atoms with E-state index in [-0.39, 0.29) is 17.7 Å². The maximum Gasteiger partial charge on any atom is 0.270 e. The van der Waals surface area contributed by atoms with Crippen molar-refractivity contribution in [3.05, 3.63) is 88.8 Å². The van der Waals surface area contributed by atoms with Crippen LogP contribution in [-0.2, 0) is 24.9 Å². The van der Waals surface area contributed by atoms with Crippen molar-refractivity contribution in [3.8, 4) is 0 Å². The second kappa shape index (κ2) is 9.96. The molecule has 5 rings (SSSR count). The third-order valence-corrected chi connectivity index (χ3v) is 6.90. The molecular weight excluding hydrogens is 462 g/mol. The van der Waals surface area contributed by atoms with E-state index in [1.807, 2.05) is 78.8 Å². The SMILES string of the molecule is Cn1ccc(CNC(=O)C2CCN(C(=O)c3cc4ccccc4n3Cc3ccc(Cl)cc3)CC2)n1. The molecule has 1 fully saturated rings. The maximum atomic E-state index is 13.6. The average Bonchev–Trinajstić information content (AvgIpc) is 3.47. The number of aryl methyl sites for hydroxylation is 1. The minimum Gasteiger partial charge on any atom is -0.350 e. The van der Waals surface area contributed by atoms with E-state index in [1.54, 1.807) is 4.68 Å². The van der Waals surface area contributed by atoms with Crippen molar-refractivity contribution < 1.29 is 9.59 Å². The first-order chi connectivity index (χ1) is 17.0. The van der Waals surface area contributed by atoms with Crippen LogP contribution in [0.2, 0.25) is 5.02 Å². The minimum absolute atomic E-state index is 0.00232. The molecule has 3 heterocycles. The number of para-hydroxylation sites is 1. The maximum absolute atomic E-state index is 13.6. The minimum atomic E-state index is -0.0947. The first kappa shape index (κ1) is 23.2. The van der Waals surface area contributed by atoms with Crippen molar-refractivity contribution in [3.63, 3.8) is 0 Å². The van der Waals surface area contributed by atoms with Gasteiger partial charge in [0.1, 0.15) is 5.69 Å². The smallest absolute Gasteiger partial charge is 0.270 e. The van der Waals surface area contributed by atoms with Crippen molar-refractivity contribution in [1.82, 2.24) is 24.6 Å². The van der Waals surface area contributed by atoms with E-state index in [1.165, 1.54) is 0 Å². The quantitative estimate of drug-likeness (QED) is 0.440. The van der Waals surface area contributed by atoms with Crippen LogP contribution in [0.4, 0.5) is 0 Å². The van der Waals surface area contributed by atoms with Crippen LogP contribution in [0.15, 0.2) is 66.9 Å². The number of carbonyl (C=O) groups is 2. The van der Waals surface area contributed by atoms with E-state index >= 15 is 0 Å². The van der Waals surface area contributed by atoms with Gasteiger partial charge in [0.15, 0.2) is 0 Å².